The maximum atomic E-state index is 13.8. The summed E-state index contributed by atoms with van der Waals surface area (Å²) in [5, 5.41) is 14.2. The highest BCUT2D eigenvalue weighted by atomic mass is 32.2. The molecule has 0 saturated carbocycles. The highest BCUT2D eigenvalue weighted by molar-refractivity contribution is 7.93. The number of methoxy groups -OCH3 is 2. The summed E-state index contributed by atoms with van der Waals surface area (Å²) in [4.78, 5) is 23.4. The van der Waals surface area contributed by atoms with E-state index in [9.17, 15) is 31.7 Å². The zero-order chi connectivity index (χ0) is 29.8. The fourth-order valence-corrected chi connectivity index (χ4v) is 7.46. The molecule has 1 saturated heterocycles. The van der Waals surface area contributed by atoms with Gasteiger partial charge < -0.3 is 14.8 Å². The number of hydrogen-bond acceptors (Lipinski definition) is 9. The van der Waals surface area contributed by atoms with Crippen molar-refractivity contribution < 1.29 is 36.0 Å². The van der Waals surface area contributed by atoms with Crippen molar-refractivity contribution in [1.82, 2.24) is 4.31 Å². The van der Waals surface area contributed by atoms with E-state index < -0.39 is 48.0 Å². The summed E-state index contributed by atoms with van der Waals surface area (Å²) in [5.41, 5.74) is -0.506. The summed E-state index contributed by atoms with van der Waals surface area (Å²) in [6.45, 7) is 0.101. The molecule has 218 valence electrons. The number of nitro groups is 1. The summed E-state index contributed by atoms with van der Waals surface area (Å²) in [5.74, 6) is -0.405. The molecule has 0 bridgehead atoms. The largest absolute Gasteiger partial charge is 0.497 e. The average Bonchev–Trinajstić information content (AvgIpc) is 3.52. The number of carbonyl (C=O) groups is 1. The molecule has 0 aliphatic carbocycles. The third-order valence-electron chi connectivity index (χ3n) is 6.41. The summed E-state index contributed by atoms with van der Waals surface area (Å²) in [6, 6.07) is 14.5. The van der Waals surface area contributed by atoms with Gasteiger partial charge in [-0.05, 0) is 55.3 Å². The Bertz CT molecular complexity index is 1650. The van der Waals surface area contributed by atoms with Crippen molar-refractivity contribution in [2.75, 3.05) is 43.5 Å². The van der Waals surface area contributed by atoms with Crippen LogP contribution in [0.5, 0.6) is 11.5 Å². The van der Waals surface area contributed by atoms with Crippen LogP contribution < -0.4 is 19.1 Å². The monoisotopic (exact) mass is 604 g/mol. The Morgan fingerprint density at radius 1 is 0.976 bits per heavy atom. The number of nitrogens with one attached hydrogen (secondary N) is 1. The van der Waals surface area contributed by atoms with Crippen molar-refractivity contribution in [3.63, 3.8) is 0 Å². The molecule has 0 radical (unpaired) electrons. The van der Waals surface area contributed by atoms with Gasteiger partial charge in [-0.3, -0.25) is 19.2 Å². The fourth-order valence-electron chi connectivity index (χ4n) is 4.35. The standard InChI is InChI=1S/C26H28N4O9S2/c1-38-20-11-14-22(24(17-20)39-2)29(41(36,37)25-8-4-3-7-23(25)30(32)33)18-26(31)27-19-9-12-21(13-10-19)40(34,35)28-15-5-6-16-28/h3-4,7-14,17H,5-6,15-16,18H2,1-2H3,(H,27,31). The van der Waals surface area contributed by atoms with Crippen LogP contribution in [0.2, 0.25) is 0 Å². The number of hydrogen-bond donors (Lipinski definition) is 1. The molecular weight excluding hydrogens is 576 g/mol. The number of nitro benzene ring substituents is 1. The second-order valence-corrected chi connectivity index (χ2v) is 12.7. The van der Waals surface area contributed by atoms with Crippen molar-refractivity contribution in [2.24, 2.45) is 0 Å². The van der Waals surface area contributed by atoms with Crippen LogP contribution in [0.1, 0.15) is 12.8 Å². The second-order valence-electron chi connectivity index (χ2n) is 8.96. The third kappa shape index (κ3) is 6.26. The van der Waals surface area contributed by atoms with E-state index >= 15 is 0 Å². The Morgan fingerprint density at radius 3 is 2.24 bits per heavy atom. The van der Waals surface area contributed by atoms with Crippen LogP contribution in [-0.2, 0) is 24.8 Å². The second kappa shape index (κ2) is 12.1. The molecule has 41 heavy (non-hydrogen) atoms. The van der Waals surface area contributed by atoms with Crippen LogP contribution in [0.3, 0.4) is 0 Å². The number of nitrogens with zero attached hydrogens (tertiary/aromatic N) is 3. The molecule has 1 aliphatic rings. The number of carbonyl (C=O) groups excluding carboxylic acids is 1. The van der Waals surface area contributed by atoms with Crippen LogP contribution in [0, 0.1) is 10.1 Å². The van der Waals surface area contributed by atoms with Crippen molar-refractivity contribution in [3.8, 4) is 11.5 Å². The summed E-state index contributed by atoms with van der Waals surface area (Å²) < 4.78 is 65.9. The zero-order valence-electron chi connectivity index (χ0n) is 22.2. The SMILES string of the molecule is COc1ccc(N(CC(=O)Nc2ccc(S(=O)(=O)N3CCCC3)cc2)S(=O)(=O)c2ccccc2[N+](=O)[O-])c(OC)c1. The Morgan fingerprint density at radius 2 is 1.63 bits per heavy atom. The first-order valence-corrected chi connectivity index (χ1v) is 15.3. The summed E-state index contributed by atoms with van der Waals surface area (Å²) in [7, 11) is -5.63. The lowest BCUT2D eigenvalue weighted by Gasteiger charge is -2.25. The number of sulfonamides is 2. The van der Waals surface area contributed by atoms with E-state index in [1.807, 2.05) is 0 Å². The first-order chi connectivity index (χ1) is 19.5. The molecule has 3 aromatic carbocycles. The molecule has 0 atom stereocenters. The van der Waals surface area contributed by atoms with Crippen LogP contribution in [0.25, 0.3) is 0 Å². The zero-order valence-corrected chi connectivity index (χ0v) is 23.9. The van der Waals surface area contributed by atoms with Crippen molar-refractivity contribution in [3.05, 3.63) is 76.8 Å². The Balaban J connectivity index is 1.67. The minimum atomic E-state index is -4.68. The van der Waals surface area contributed by atoms with Crippen molar-refractivity contribution >= 4 is 43.0 Å². The lowest BCUT2D eigenvalue weighted by atomic mass is 10.2. The van der Waals surface area contributed by atoms with E-state index in [1.165, 1.54) is 73.1 Å². The Hall–Kier alpha value is -4.21. The first kappa shape index (κ1) is 29.8. The van der Waals surface area contributed by atoms with E-state index in [-0.39, 0.29) is 22.0 Å². The Labute approximate surface area is 237 Å². The maximum absolute atomic E-state index is 13.8. The smallest absolute Gasteiger partial charge is 0.289 e. The quantitative estimate of drug-likeness (QED) is 0.255. The molecule has 1 heterocycles. The number of amides is 1. The van der Waals surface area contributed by atoms with Gasteiger partial charge in [-0.15, -0.1) is 0 Å². The average molecular weight is 605 g/mol. The molecule has 0 unspecified atom stereocenters. The molecular formula is C26H28N4O9S2. The number of rotatable bonds is 11. The number of anilines is 2. The molecule has 1 N–H and O–H groups in total. The van der Waals surface area contributed by atoms with Gasteiger partial charge in [0, 0.05) is 30.9 Å². The normalized spacial score (nSPS) is 13.9. The van der Waals surface area contributed by atoms with Gasteiger partial charge in [-0.1, -0.05) is 12.1 Å². The first-order valence-electron chi connectivity index (χ1n) is 12.4. The fraction of sp³-hybridized carbons (Fsp3) is 0.269. The molecule has 3 aromatic rings. The topological polar surface area (TPSA) is 165 Å². The molecule has 15 heteroatoms. The number of para-hydroxylation sites is 1. The molecule has 4 rings (SSSR count). The van der Waals surface area contributed by atoms with Crippen molar-refractivity contribution in [2.45, 2.75) is 22.6 Å². The van der Waals surface area contributed by atoms with Gasteiger partial charge in [-0.2, -0.15) is 4.31 Å². The van der Waals surface area contributed by atoms with Gasteiger partial charge in [0.2, 0.25) is 15.9 Å². The van der Waals surface area contributed by atoms with Crippen LogP contribution in [0.4, 0.5) is 17.1 Å². The predicted octanol–water partition coefficient (Wildman–Crippen LogP) is 3.23. The van der Waals surface area contributed by atoms with Gasteiger partial charge in [0.1, 0.15) is 18.0 Å². The van der Waals surface area contributed by atoms with E-state index in [1.54, 1.807) is 0 Å². The van der Waals surface area contributed by atoms with Crippen LogP contribution >= 0.6 is 0 Å². The van der Waals surface area contributed by atoms with Gasteiger partial charge in [0.25, 0.3) is 15.7 Å². The minimum absolute atomic E-state index is 0.0378. The molecule has 1 amide bonds. The molecule has 0 aromatic heterocycles. The van der Waals surface area contributed by atoms with E-state index in [0.29, 0.717) is 23.1 Å². The highest BCUT2D eigenvalue weighted by Gasteiger charge is 2.35. The van der Waals surface area contributed by atoms with Crippen LogP contribution in [0.15, 0.2) is 76.5 Å². The van der Waals surface area contributed by atoms with Gasteiger partial charge in [0.15, 0.2) is 4.90 Å². The molecule has 0 spiro atoms. The van der Waals surface area contributed by atoms with Gasteiger partial charge >= 0.3 is 0 Å². The molecule has 13 nitrogen and oxygen atoms in total. The number of ether oxygens (including phenoxy) is 2. The molecule has 1 fully saturated rings. The lowest BCUT2D eigenvalue weighted by Crippen LogP contribution is -2.38. The van der Waals surface area contributed by atoms with Crippen molar-refractivity contribution in [1.29, 1.82) is 0 Å². The minimum Gasteiger partial charge on any atom is -0.497 e. The third-order valence-corrected chi connectivity index (χ3v) is 10.1. The van der Waals surface area contributed by atoms with E-state index in [2.05, 4.69) is 5.32 Å². The number of benzene rings is 3. The van der Waals surface area contributed by atoms with Gasteiger partial charge in [0.05, 0.1) is 29.7 Å². The van der Waals surface area contributed by atoms with E-state index in [4.69, 9.17) is 9.47 Å². The Kier molecular flexibility index (Phi) is 8.80. The summed E-state index contributed by atoms with van der Waals surface area (Å²) in [6.07, 6.45) is 1.58. The highest BCUT2D eigenvalue weighted by Crippen LogP contribution is 2.37. The predicted molar refractivity (Wildman–Crippen MR) is 150 cm³/mol. The van der Waals surface area contributed by atoms with Crippen LogP contribution in [-0.4, -0.2) is 65.8 Å². The van der Waals surface area contributed by atoms with Gasteiger partial charge in [-0.25, -0.2) is 16.8 Å². The maximum Gasteiger partial charge on any atom is 0.289 e. The lowest BCUT2D eigenvalue weighted by molar-refractivity contribution is -0.387. The molecule has 1 aliphatic heterocycles. The van der Waals surface area contributed by atoms with E-state index in [0.717, 1.165) is 25.0 Å². The summed E-state index contributed by atoms with van der Waals surface area (Å²) >= 11 is 0.